The summed E-state index contributed by atoms with van der Waals surface area (Å²) in [5.41, 5.74) is 2.21. The average Bonchev–Trinajstić information content (AvgIpc) is 3.41. The van der Waals surface area contributed by atoms with Gasteiger partial charge in [0.15, 0.2) is 0 Å². The van der Waals surface area contributed by atoms with Crippen LogP contribution in [0.3, 0.4) is 0 Å². The molecule has 3 fully saturated rings. The van der Waals surface area contributed by atoms with Gasteiger partial charge in [0, 0.05) is 19.0 Å². The minimum Gasteiger partial charge on any atom is -0.328 e. The summed E-state index contributed by atoms with van der Waals surface area (Å²) in [6.45, 7) is 8.80. The monoisotopic (exact) mass is 571 g/mol. The Morgan fingerprint density at radius 2 is 1.65 bits per heavy atom. The van der Waals surface area contributed by atoms with Crippen LogP contribution in [0.4, 0.5) is 10.5 Å². The number of amidine groups is 1. The summed E-state index contributed by atoms with van der Waals surface area (Å²) in [6.07, 6.45) is 5.50. The van der Waals surface area contributed by atoms with Gasteiger partial charge in [-0.2, -0.15) is 0 Å². The van der Waals surface area contributed by atoms with E-state index in [-0.39, 0.29) is 43.1 Å². The maximum Gasteiger partial charge on any atom is 0.329 e. The molecule has 0 radical (unpaired) electrons. The molecule has 0 atom stereocenters. The summed E-state index contributed by atoms with van der Waals surface area (Å²) in [5, 5.41) is 5.58. The molecule has 0 aromatic heterocycles. The minimum absolute atomic E-state index is 0.0262. The molecule has 1 aromatic rings. The summed E-state index contributed by atoms with van der Waals surface area (Å²) >= 11 is 0. The molecule has 1 saturated carbocycles. The molecule has 5 rings (SSSR count). The summed E-state index contributed by atoms with van der Waals surface area (Å²) in [7, 11) is -3.55. The van der Waals surface area contributed by atoms with E-state index >= 15 is 0 Å². The van der Waals surface area contributed by atoms with E-state index < -0.39 is 21.6 Å². The van der Waals surface area contributed by atoms with Gasteiger partial charge in [-0.1, -0.05) is 13.8 Å². The first-order valence-corrected chi connectivity index (χ1v) is 16.1. The average molecular weight is 572 g/mol. The molecule has 4 aliphatic rings. The SMILES string of the molecule is Cc1cc(N2C(=O)CNC2=O)cc(C)c1CCS(=O)(=O)N1CCC2(CC1)N=C(C1CCC(C(C)C)CC1)NC2=O. The third kappa shape index (κ3) is 5.42. The zero-order valence-electron chi connectivity index (χ0n) is 24.0. The number of urea groups is 1. The van der Waals surface area contributed by atoms with E-state index in [2.05, 4.69) is 24.5 Å². The molecule has 0 unspecified atom stereocenters. The predicted octanol–water partition coefficient (Wildman–Crippen LogP) is 3.06. The normalized spacial score (nSPS) is 25.5. The Kier molecular flexibility index (Phi) is 7.82. The van der Waals surface area contributed by atoms with Crippen LogP contribution < -0.4 is 15.5 Å². The Labute approximate surface area is 237 Å². The van der Waals surface area contributed by atoms with Crippen molar-refractivity contribution in [1.82, 2.24) is 14.9 Å². The van der Waals surface area contributed by atoms with Crippen LogP contribution in [0.5, 0.6) is 0 Å². The number of hydrogen-bond acceptors (Lipinski definition) is 6. The lowest BCUT2D eigenvalue weighted by atomic mass is 9.76. The second kappa shape index (κ2) is 10.9. The van der Waals surface area contributed by atoms with E-state index in [1.165, 1.54) is 4.31 Å². The number of aliphatic imine (C=N–C) groups is 1. The zero-order chi connectivity index (χ0) is 28.8. The highest BCUT2D eigenvalue weighted by molar-refractivity contribution is 7.89. The van der Waals surface area contributed by atoms with Crippen LogP contribution in [0, 0.1) is 31.6 Å². The van der Waals surface area contributed by atoms with E-state index in [4.69, 9.17) is 4.99 Å². The first kappa shape index (κ1) is 28.7. The molecule has 3 heterocycles. The van der Waals surface area contributed by atoms with Gasteiger partial charge >= 0.3 is 6.03 Å². The van der Waals surface area contributed by atoms with E-state index in [1.807, 2.05) is 13.8 Å². The molecule has 1 aliphatic carbocycles. The Balaban J connectivity index is 1.20. The van der Waals surface area contributed by atoms with Crippen LogP contribution >= 0.6 is 0 Å². The quantitative estimate of drug-likeness (QED) is 0.486. The molecular weight excluding hydrogens is 530 g/mol. The fourth-order valence-electron chi connectivity index (χ4n) is 6.81. The lowest BCUT2D eigenvalue weighted by molar-refractivity contribution is -0.125. The van der Waals surface area contributed by atoms with Crippen molar-refractivity contribution in [1.29, 1.82) is 0 Å². The first-order valence-electron chi connectivity index (χ1n) is 14.5. The number of carbonyl (C=O) groups is 3. The van der Waals surface area contributed by atoms with Gasteiger partial charge in [-0.15, -0.1) is 0 Å². The summed E-state index contributed by atoms with van der Waals surface area (Å²) in [6, 6.07) is 3.06. The maximum atomic E-state index is 13.3. The Bertz CT molecular complexity index is 1300. The van der Waals surface area contributed by atoms with Crippen molar-refractivity contribution in [2.45, 2.75) is 78.2 Å². The van der Waals surface area contributed by atoms with Crippen molar-refractivity contribution in [2.24, 2.45) is 22.7 Å². The van der Waals surface area contributed by atoms with Gasteiger partial charge in [0.25, 0.3) is 11.8 Å². The number of rotatable bonds is 7. The Morgan fingerprint density at radius 1 is 1.02 bits per heavy atom. The smallest absolute Gasteiger partial charge is 0.328 e. The van der Waals surface area contributed by atoms with Crippen LogP contribution in [0.2, 0.25) is 0 Å². The lowest BCUT2D eigenvalue weighted by Gasteiger charge is -2.35. The number of carbonyl (C=O) groups excluding carboxylic acids is 3. The number of piperidine rings is 1. The molecule has 1 spiro atoms. The number of sulfonamides is 1. The van der Waals surface area contributed by atoms with Crippen molar-refractivity contribution < 1.29 is 22.8 Å². The second-order valence-corrected chi connectivity index (χ2v) is 14.3. The van der Waals surface area contributed by atoms with Crippen LogP contribution in [-0.2, 0) is 26.0 Å². The van der Waals surface area contributed by atoms with Gasteiger partial charge in [-0.25, -0.2) is 22.4 Å². The van der Waals surface area contributed by atoms with E-state index in [9.17, 15) is 22.8 Å². The number of amides is 4. The molecule has 10 nitrogen and oxygen atoms in total. The van der Waals surface area contributed by atoms with Crippen molar-refractivity contribution >= 4 is 39.4 Å². The molecular formula is C29H41N5O5S. The Hall–Kier alpha value is -2.79. The molecule has 218 valence electrons. The number of hydrogen-bond donors (Lipinski definition) is 2. The number of imide groups is 1. The lowest BCUT2D eigenvalue weighted by Crippen LogP contribution is -2.51. The topological polar surface area (TPSA) is 128 Å². The molecule has 2 saturated heterocycles. The predicted molar refractivity (Wildman–Crippen MR) is 154 cm³/mol. The highest BCUT2D eigenvalue weighted by Gasteiger charge is 2.48. The number of nitrogens with zero attached hydrogens (tertiary/aromatic N) is 3. The van der Waals surface area contributed by atoms with Gasteiger partial charge in [-0.05, 0) is 99.5 Å². The third-order valence-corrected chi connectivity index (χ3v) is 11.3. The summed E-state index contributed by atoms with van der Waals surface area (Å²) in [5.74, 6) is 2.06. The van der Waals surface area contributed by atoms with Gasteiger partial charge in [0.2, 0.25) is 10.0 Å². The second-order valence-electron chi connectivity index (χ2n) is 12.2. The highest BCUT2D eigenvalue weighted by Crippen LogP contribution is 2.38. The van der Waals surface area contributed by atoms with E-state index in [1.54, 1.807) is 12.1 Å². The van der Waals surface area contributed by atoms with Gasteiger partial charge < -0.3 is 10.6 Å². The molecule has 40 heavy (non-hydrogen) atoms. The van der Waals surface area contributed by atoms with Crippen LogP contribution in [0.25, 0.3) is 0 Å². The molecule has 2 N–H and O–H groups in total. The number of benzene rings is 1. The molecule has 11 heteroatoms. The zero-order valence-corrected chi connectivity index (χ0v) is 24.8. The first-order chi connectivity index (χ1) is 18.9. The fourth-order valence-corrected chi connectivity index (χ4v) is 8.26. The van der Waals surface area contributed by atoms with Crippen molar-refractivity contribution in [2.75, 3.05) is 30.3 Å². The van der Waals surface area contributed by atoms with Crippen molar-refractivity contribution in [3.63, 3.8) is 0 Å². The van der Waals surface area contributed by atoms with E-state index in [0.29, 0.717) is 30.9 Å². The van der Waals surface area contributed by atoms with E-state index in [0.717, 1.165) is 59.0 Å². The molecule has 0 bridgehead atoms. The van der Waals surface area contributed by atoms with Gasteiger partial charge in [-0.3, -0.25) is 14.6 Å². The number of nitrogens with one attached hydrogen (secondary N) is 2. The van der Waals surface area contributed by atoms with Gasteiger partial charge in [0.05, 0.1) is 18.0 Å². The summed E-state index contributed by atoms with van der Waals surface area (Å²) in [4.78, 5) is 43.2. The summed E-state index contributed by atoms with van der Waals surface area (Å²) < 4.78 is 28.1. The minimum atomic E-state index is -3.55. The van der Waals surface area contributed by atoms with Gasteiger partial charge in [0.1, 0.15) is 11.4 Å². The third-order valence-electron chi connectivity index (χ3n) is 9.44. The molecule has 4 amide bonds. The number of aryl methyl sites for hydroxylation is 2. The van der Waals surface area contributed by atoms with Crippen molar-refractivity contribution in [3.8, 4) is 0 Å². The fraction of sp³-hybridized carbons (Fsp3) is 0.655. The highest BCUT2D eigenvalue weighted by atomic mass is 32.2. The van der Waals surface area contributed by atoms with Crippen LogP contribution in [0.15, 0.2) is 17.1 Å². The van der Waals surface area contributed by atoms with Crippen LogP contribution in [0.1, 0.15) is 69.1 Å². The number of anilines is 1. The van der Waals surface area contributed by atoms with Crippen molar-refractivity contribution in [3.05, 3.63) is 28.8 Å². The largest absolute Gasteiger partial charge is 0.329 e. The standard InChI is InChI=1S/C29H41N5O5S/c1-18(2)21-5-7-22(8-6-21)26-31-27(36)29(32-26)10-12-33(13-11-29)40(38,39)14-9-24-19(3)15-23(16-20(24)4)34-25(35)17-30-28(34)37/h15-16,18,21-22H,5-14,17H2,1-4H3,(H,30,37)(H,31,32,36). The molecule has 1 aromatic carbocycles. The molecule has 3 aliphatic heterocycles. The maximum absolute atomic E-state index is 13.3. The Morgan fingerprint density at radius 3 is 2.20 bits per heavy atom. The van der Waals surface area contributed by atoms with Crippen LogP contribution in [-0.4, -0.2) is 67.3 Å².